The molecule has 0 aromatic heterocycles. The third-order valence-electron chi connectivity index (χ3n) is 3.47. The van der Waals surface area contributed by atoms with Crippen LogP contribution in [0.5, 0.6) is 11.5 Å². The molecule has 128 valence electrons. The van der Waals surface area contributed by atoms with Crippen LogP contribution in [0.1, 0.15) is 12.5 Å². The Hall–Kier alpha value is -3.34. The number of carboxylic acids is 1. The fourth-order valence-corrected chi connectivity index (χ4v) is 2.17. The SMILES string of the molecule is C=N/C=C\C(C(=O)O)=C(/C)NCc1ccccc1Oc1ccccc1. The lowest BCUT2D eigenvalue weighted by Crippen LogP contribution is -2.16. The Morgan fingerprint density at radius 2 is 1.88 bits per heavy atom. The first-order chi connectivity index (χ1) is 12.1. The third-order valence-corrected chi connectivity index (χ3v) is 3.47. The lowest BCUT2D eigenvalue weighted by Gasteiger charge is -2.13. The molecule has 0 fully saturated rings. The number of hydrogen-bond acceptors (Lipinski definition) is 4. The Labute approximate surface area is 147 Å². The first-order valence-electron chi connectivity index (χ1n) is 7.73. The predicted octanol–water partition coefficient (Wildman–Crippen LogP) is 4.14. The first kappa shape index (κ1) is 18.0. The summed E-state index contributed by atoms with van der Waals surface area (Å²) in [5.41, 5.74) is 1.58. The van der Waals surface area contributed by atoms with Gasteiger partial charge >= 0.3 is 5.97 Å². The Balaban J connectivity index is 2.16. The molecule has 2 aromatic rings. The number of aliphatic carboxylic acids is 1. The molecule has 0 aliphatic heterocycles. The zero-order valence-electron chi connectivity index (χ0n) is 14.0. The first-order valence-corrected chi connectivity index (χ1v) is 7.73. The van der Waals surface area contributed by atoms with Crippen molar-refractivity contribution in [3.63, 3.8) is 0 Å². The van der Waals surface area contributed by atoms with Gasteiger partial charge < -0.3 is 15.2 Å². The van der Waals surface area contributed by atoms with Gasteiger partial charge in [-0.25, -0.2) is 4.79 Å². The number of para-hydroxylation sites is 2. The molecule has 2 aromatic carbocycles. The summed E-state index contributed by atoms with van der Waals surface area (Å²) in [4.78, 5) is 14.9. The van der Waals surface area contributed by atoms with Crippen molar-refractivity contribution in [3.8, 4) is 11.5 Å². The second-order valence-electron chi connectivity index (χ2n) is 5.22. The van der Waals surface area contributed by atoms with Crippen molar-refractivity contribution < 1.29 is 14.6 Å². The Morgan fingerprint density at radius 3 is 2.56 bits per heavy atom. The van der Waals surface area contributed by atoms with Gasteiger partial charge in [0.25, 0.3) is 0 Å². The molecule has 2 N–H and O–H groups in total. The number of allylic oxidation sites excluding steroid dienone is 1. The second kappa shape index (κ2) is 9.08. The molecule has 0 heterocycles. The minimum absolute atomic E-state index is 0.133. The quantitative estimate of drug-likeness (QED) is 0.432. The smallest absolute Gasteiger partial charge is 0.337 e. The van der Waals surface area contributed by atoms with Crippen molar-refractivity contribution in [2.24, 2.45) is 4.99 Å². The molecule has 0 radical (unpaired) electrons. The lowest BCUT2D eigenvalue weighted by molar-refractivity contribution is -0.132. The van der Waals surface area contributed by atoms with E-state index in [0.717, 1.165) is 11.3 Å². The number of aliphatic imine (C=N–C) groups is 1. The second-order valence-corrected chi connectivity index (χ2v) is 5.22. The van der Waals surface area contributed by atoms with E-state index in [1.807, 2.05) is 54.6 Å². The van der Waals surface area contributed by atoms with Crippen LogP contribution in [0.25, 0.3) is 0 Å². The standard InChI is InChI=1S/C20H20N2O3/c1-15(18(20(23)24)12-13-21-2)22-14-16-8-6-7-11-19(16)25-17-9-4-3-5-10-17/h3-13,22H,2,14H2,1H3,(H,23,24)/b13-12-,18-15-. The summed E-state index contributed by atoms with van der Waals surface area (Å²) in [6.45, 7) is 5.44. The van der Waals surface area contributed by atoms with E-state index in [2.05, 4.69) is 17.0 Å². The molecular weight excluding hydrogens is 316 g/mol. The van der Waals surface area contributed by atoms with Gasteiger partial charge in [0.2, 0.25) is 0 Å². The summed E-state index contributed by atoms with van der Waals surface area (Å²) in [5, 5.41) is 12.4. The highest BCUT2D eigenvalue weighted by Gasteiger charge is 2.09. The van der Waals surface area contributed by atoms with Gasteiger partial charge in [-0.05, 0) is 37.9 Å². The number of hydrogen-bond donors (Lipinski definition) is 2. The Kier molecular flexibility index (Phi) is 6.54. The minimum Gasteiger partial charge on any atom is -0.478 e. The fraction of sp³-hybridized carbons (Fsp3) is 0.100. The minimum atomic E-state index is -1.03. The highest BCUT2D eigenvalue weighted by Crippen LogP contribution is 2.25. The van der Waals surface area contributed by atoms with Crippen LogP contribution in [-0.4, -0.2) is 17.8 Å². The van der Waals surface area contributed by atoms with E-state index < -0.39 is 5.97 Å². The topological polar surface area (TPSA) is 70.9 Å². The van der Waals surface area contributed by atoms with E-state index in [1.54, 1.807) is 6.92 Å². The van der Waals surface area contributed by atoms with E-state index in [9.17, 15) is 9.90 Å². The van der Waals surface area contributed by atoms with Gasteiger partial charge in [0.05, 0.1) is 5.57 Å². The largest absolute Gasteiger partial charge is 0.478 e. The number of benzene rings is 2. The number of carbonyl (C=O) groups is 1. The summed E-state index contributed by atoms with van der Waals surface area (Å²) in [6.07, 6.45) is 2.76. The fourth-order valence-electron chi connectivity index (χ4n) is 2.17. The summed E-state index contributed by atoms with van der Waals surface area (Å²) >= 11 is 0. The van der Waals surface area contributed by atoms with Crippen LogP contribution in [-0.2, 0) is 11.3 Å². The molecule has 0 saturated carbocycles. The van der Waals surface area contributed by atoms with Crippen LogP contribution in [0.4, 0.5) is 0 Å². The Morgan fingerprint density at radius 1 is 1.20 bits per heavy atom. The molecule has 0 aliphatic rings. The van der Waals surface area contributed by atoms with Crippen molar-refractivity contribution in [2.45, 2.75) is 13.5 Å². The van der Waals surface area contributed by atoms with Crippen molar-refractivity contribution in [2.75, 3.05) is 0 Å². The molecule has 0 bridgehead atoms. The molecule has 0 saturated heterocycles. The lowest BCUT2D eigenvalue weighted by atomic mass is 10.1. The monoisotopic (exact) mass is 336 g/mol. The van der Waals surface area contributed by atoms with Crippen LogP contribution in [0.2, 0.25) is 0 Å². The van der Waals surface area contributed by atoms with Gasteiger partial charge in [-0.15, -0.1) is 0 Å². The molecule has 0 amide bonds. The van der Waals surface area contributed by atoms with Crippen molar-refractivity contribution in [1.29, 1.82) is 0 Å². The van der Waals surface area contributed by atoms with Crippen LogP contribution in [0.15, 0.2) is 83.1 Å². The van der Waals surface area contributed by atoms with E-state index in [0.29, 0.717) is 18.0 Å². The van der Waals surface area contributed by atoms with Gasteiger partial charge in [0.1, 0.15) is 11.5 Å². The van der Waals surface area contributed by atoms with Crippen LogP contribution < -0.4 is 10.1 Å². The zero-order chi connectivity index (χ0) is 18.1. The van der Waals surface area contributed by atoms with E-state index >= 15 is 0 Å². The molecule has 0 unspecified atom stereocenters. The maximum Gasteiger partial charge on any atom is 0.337 e. The molecule has 0 atom stereocenters. The highest BCUT2D eigenvalue weighted by atomic mass is 16.5. The third kappa shape index (κ3) is 5.35. The molecule has 5 heteroatoms. The number of nitrogens with one attached hydrogen (secondary N) is 1. The van der Waals surface area contributed by atoms with Crippen LogP contribution in [0, 0.1) is 0 Å². The average molecular weight is 336 g/mol. The van der Waals surface area contributed by atoms with Crippen LogP contribution >= 0.6 is 0 Å². The van der Waals surface area contributed by atoms with Gasteiger partial charge in [0, 0.05) is 24.0 Å². The molecule has 2 rings (SSSR count). The Bertz CT molecular complexity index is 796. The summed E-state index contributed by atoms with van der Waals surface area (Å²) in [7, 11) is 0. The van der Waals surface area contributed by atoms with Gasteiger partial charge in [0.15, 0.2) is 0 Å². The van der Waals surface area contributed by atoms with Gasteiger partial charge in [-0.1, -0.05) is 36.4 Å². The zero-order valence-corrected chi connectivity index (χ0v) is 14.0. The number of ether oxygens (including phenoxy) is 1. The molecule has 5 nitrogen and oxygen atoms in total. The molecule has 25 heavy (non-hydrogen) atoms. The number of rotatable bonds is 8. The van der Waals surface area contributed by atoms with E-state index in [-0.39, 0.29) is 5.57 Å². The van der Waals surface area contributed by atoms with Gasteiger partial charge in [-0.2, -0.15) is 0 Å². The van der Waals surface area contributed by atoms with Crippen molar-refractivity contribution in [1.82, 2.24) is 5.32 Å². The maximum absolute atomic E-state index is 11.3. The predicted molar refractivity (Wildman–Crippen MR) is 98.8 cm³/mol. The molecular formula is C20H20N2O3. The van der Waals surface area contributed by atoms with E-state index in [4.69, 9.17) is 4.74 Å². The average Bonchev–Trinajstić information content (AvgIpc) is 2.62. The van der Waals surface area contributed by atoms with Crippen molar-refractivity contribution >= 4 is 12.7 Å². The number of carboxylic acid groups (broad SMARTS) is 1. The summed E-state index contributed by atoms with van der Waals surface area (Å²) < 4.78 is 5.90. The number of nitrogens with zero attached hydrogens (tertiary/aromatic N) is 1. The summed E-state index contributed by atoms with van der Waals surface area (Å²) in [6, 6.07) is 17.1. The van der Waals surface area contributed by atoms with Gasteiger partial charge in [-0.3, -0.25) is 4.99 Å². The maximum atomic E-state index is 11.3. The highest BCUT2D eigenvalue weighted by molar-refractivity contribution is 5.90. The van der Waals surface area contributed by atoms with Crippen LogP contribution in [0.3, 0.4) is 0 Å². The van der Waals surface area contributed by atoms with Crippen molar-refractivity contribution in [3.05, 3.63) is 83.7 Å². The molecule has 0 aliphatic carbocycles. The summed E-state index contributed by atoms with van der Waals surface area (Å²) in [5.74, 6) is 0.432. The normalized spacial score (nSPS) is 11.7. The van der Waals surface area contributed by atoms with E-state index in [1.165, 1.54) is 12.3 Å². The molecule has 0 spiro atoms.